The molecule has 0 bridgehead atoms. The number of hydrogen-bond acceptors (Lipinski definition) is 3. The molecular weight excluding hydrogens is 180 g/mol. The van der Waals surface area contributed by atoms with Gasteiger partial charge in [-0.1, -0.05) is 11.3 Å². The summed E-state index contributed by atoms with van der Waals surface area (Å²) < 4.78 is 0. The number of anilines is 2. The molecule has 0 fully saturated rings. The minimum absolute atomic E-state index is 0.118. The van der Waals surface area contributed by atoms with E-state index in [0.717, 1.165) is 11.3 Å². The van der Waals surface area contributed by atoms with Crippen LogP contribution in [0, 0.1) is 17.9 Å². The van der Waals surface area contributed by atoms with Crippen molar-refractivity contribution in [1.82, 2.24) is 0 Å². The maximum Gasteiger partial charge on any atom is 0.190 e. The summed E-state index contributed by atoms with van der Waals surface area (Å²) in [7, 11) is 0. The third kappa shape index (κ3) is 2.44. The van der Waals surface area contributed by atoms with Crippen molar-refractivity contribution in [3.05, 3.63) is 23.8 Å². The van der Waals surface area contributed by atoms with E-state index in [1.807, 2.05) is 13.0 Å². The molecule has 6 nitrogen and oxygen atoms in total. The topological polar surface area (TPSA) is 110 Å². The van der Waals surface area contributed by atoms with Crippen LogP contribution in [0.4, 0.5) is 11.4 Å². The average molecular weight is 192 g/mol. The number of nitrogens with zero attached hydrogens (tertiary/aromatic N) is 1. The Hall–Kier alpha value is -2.11. The zero-order valence-electron chi connectivity index (χ0n) is 7.76. The summed E-state index contributed by atoms with van der Waals surface area (Å²) in [5.41, 5.74) is 16.7. The van der Waals surface area contributed by atoms with Gasteiger partial charge in [0.05, 0.1) is 5.69 Å². The summed E-state index contributed by atoms with van der Waals surface area (Å²) in [6, 6.07) is 5.37. The van der Waals surface area contributed by atoms with Gasteiger partial charge in [0.2, 0.25) is 0 Å². The van der Waals surface area contributed by atoms with Gasteiger partial charge in [-0.25, -0.2) is 0 Å². The number of guanidine groups is 1. The fourth-order valence-corrected chi connectivity index (χ4v) is 1.04. The normalized spacial score (nSPS) is 9.21. The van der Waals surface area contributed by atoms with Gasteiger partial charge in [-0.15, -0.1) is 0 Å². The van der Waals surface area contributed by atoms with Gasteiger partial charge < -0.3 is 11.1 Å². The lowest BCUT2D eigenvalue weighted by Crippen LogP contribution is -2.20. The number of nitrogens with one attached hydrogen (secondary N) is 4. The van der Waals surface area contributed by atoms with Crippen LogP contribution in [0.3, 0.4) is 0 Å². The molecule has 0 amide bonds. The second kappa shape index (κ2) is 4.22. The molecule has 0 spiro atoms. The number of benzene rings is 1. The van der Waals surface area contributed by atoms with E-state index in [-0.39, 0.29) is 5.96 Å². The molecule has 0 saturated heterocycles. The Bertz CT molecular complexity index is 359. The number of hydrogen-bond donors (Lipinski definition) is 5. The van der Waals surface area contributed by atoms with Crippen LogP contribution in [0.5, 0.6) is 0 Å². The zero-order chi connectivity index (χ0) is 10.6. The molecule has 0 aromatic heterocycles. The molecule has 0 aliphatic rings. The van der Waals surface area contributed by atoms with E-state index in [1.54, 1.807) is 12.1 Å². The van der Waals surface area contributed by atoms with Crippen molar-refractivity contribution in [2.75, 3.05) is 10.7 Å². The Labute approximate surface area is 81.5 Å². The molecule has 1 rings (SSSR count). The van der Waals surface area contributed by atoms with Crippen LogP contribution in [0.25, 0.3) is 0 Å². The van der Waals surface area contributed by atoms with Crippen LogP contribution in [0.1, 0.15) is 5.56 Å². The maximum atomic E-state index is 7.09. The Morgan fingerprint density at radius 2 is 2.21 bits per heavy atom. The quantitative estimate of drug-likeness (QED) is 0.217. The van der Waals surface area contributed by atoms with Crippen molar-refractivity contribution < 1.29 is 0 Å². The second-order valence-corrected chi connectivity index (χ2v) is 2.79. The number of rotatable bonds is 3. The van der Waals surface area contributed by atoms with Crippen molar-refractivity contribution >= 4 is 17.3 Å². The van der Waals surface area contributed by atoms with Crippen LogP contribution in [0.2, 0.25) is 0 Å². The first-order valence-electron chi connectivity index (χ1n) is 3.97. The fraction of sp³-hybridized carbons (Fsp3) is 0.125. The van der Waals surface area contributed by atoms with Gasteiger partial charge in [-0.2, -0.15) is 5.53 Å². The standard InChI is InChI=1S/C8H12N6/c1-5-2-3-6(13-14-11)4-7(5)12-8(9)10/h2-4H,1H3,(H2,11,13)(H4,9,10,12). The molecule has 6 N–H and O–H groups in total. The highest BCUT2D eigenvalue weighted by atomic mass is 15.4. The summed E-state index contributed by atoms with van der Waals surface area (Å²) in [6.45, 7) is 1.90. The summed E-state index contributed by atoms with van der Waals surface area (Å²) >= 11 is 0. The molecule has 6 heteroatoms. The van der Waals surface area contributed by atoms with Gasteiger partial charge in [0, 0.05) is 5.69 Å². The third-order valence-electron chi connectivity index (χ3n) is 1.69. The smallest absolute Gasteiger partial charge is 0.190 e. The largest absolute Gasteiger partial charge is 0.370 e. The lowest BCUT2D eigenvalue weighted by Gasteiger charge is -2.09. The SMILES string of the molecule is Cc1ccc(NN=N)cc1NC(=N)N. The average Bonchev–Trinajstić information content (AvgIpc) is 2.10. The van der Waals surface area contributed by atoms with Crippen LogP contribution >= 0.6 is 0 Å². The highest BCUT2D eigenvalue weighted by Crippen LogP contribution is 2.19. The molecule has 0 saturated carbocycles. The van der Waals surface area contributed by atoms with Crippen molar-refractivity contribution in [1.29, 1.82) is 10.9 Å². The van der Waals surface area contributed by atoms with E-state index in [4.69, 9.17) is 16.7 Å². The molecule has 1 aromatic carbocycles. The summed E-state index contributed by atoms with van der Waals surface area (Å²) in [6.07, 6.45) is 0. The van der Waals surface area contributed by atoms with E-state index < -0.39 is 0 Å². The number of aryl methyl sites for hydroxylation is 1. The summed E-state index contributed by atoms with van der Waals surface area (Å²) in [4.78, 5) is 0. The molecule has 1 aromatic rings. The molecule has 0 unspecified atom stereocenters. The van der Waals surface area contributed by atoms with Gasteiger partial charge >= 0.3 is 0 Å². The Morgan fingerprint density at radius 3 is 2.79 bits per heavy atom. The lowest BCUT2D eigenvalue weighted by atomic mass is 10.2. The van der Waals surface area contributed by atoms with Crippen molar-refractivity contribution in [2.24, 2.45) is 11.0 Å². The Morgan fingerprint density at radius 1 is 1.50 bits per heavy atom. The highest BCUT2D eigenvalue weighted by Gasteiger charge is 2.00. The fourth-order valence-electron chi connectivity index (χ4n) is 1.04. The van der Waals surface area contributed by atoms with E-state index in [2.05, 4.69) is 16.0 Å². The van der Waals surface area contributed by atoms with Gasteiger partial charge in [0.1, 0.15) is 0 Å². The lowest BCUT2D eigenvalue weighted by molar-refractivity contribution is 1.06. The van der Waals surface area contributed by atoms with Crippen molar-refractivity contribution in [3.63, 3.8) is 0 Å². The predicted octanol–water partition coefficient (Wildman–Crippen LogP) is 1.66. The predicted molar refractivity (Wildman–Crippen MR) is 55.5 cm³/mol. The molecule has 74 valence electrons. The molecule has 0 heterocycles. The van der Waals surface area contributed by atoms with Gasteiger partial charge in [0.25, 0.3) is 0 Å². The molecule has 0 aliphatic carbocycles. The molecule has 0 atom stereocenters. The van der Waals surface area contributed by atoms with E-state index in [0.29, 0.717) is 5.69 Å². The maximum absolute atomic E-state index is 7.09. The molecule has 0 aliphatic heterocycles. The van der Waals surface area contributed by atoms with Crippen molar-refractivity contribution in [3.8, 4) is 0 Å². The minimum atomic E-state index is -0.118. The van der Waals surface area contributed by atoms with Crippen LogP contribution in [0.15, 0.2) is 23.4 Å². The van der Waals surface area contributed by atoms with Gasteiger partial charge in [-0.3, -0.25) is 10.8 Å². The third-order valence-corrected chi connectivity index (χ3v) is 1.69. The summed E-state index contributed by atoms with van der Waals surface area (Å²) in [5, 5.41) is 12.8. The summed E-state index contributed by atoms with van der Waals surface area (Å²) in [5.74, 6) is -0.118. The van der Waals surface area contributed by atoms with Crippen LogP contribution in [-0.4, -0.2) is 5.96 Å². The van der Waals surface area contributed by atoms with Gasteiger partial charge in [-0.05, 0) is 24.6 Å². The molecular formula is C8H12N6. The first kappa shape index (κ1) is 9.97. The number of nitrogens with two attached hydrogens (primary N) is 1. The van der Waals surface area contributed by atoms with E-state index in [1.165, 1.54) is 0 Å². The zero-order valence-corrected chi connectivity index (χ0v) is 7.76. The van der Waals surface area contributed by atoms with Gasteiger partial charge in [0.15, 0.2) is 5.96 Å². The Kier molecular flexibility index (Phi) is 3.01. The molecule has 0 radical (unpaired) electrons. The second-order valence-electron chi connectivity index (χ2n) is 2.79. The first-order valence-corrected chi connectivity index (χ1v) is 3.97. The molecule has 14 heavy (non-hydrogen) atoms. The van der Waals surface area contributed by atoms with E-state index >= 15 is 0 Å². The Balaban J connectivity index is 2.95. The highest BCUT2D eigenvalue weighted by molar-refractivity contribution is 5.91. The van der Waals surface area contributed by atoms with Crippen molar-refractivity contribution in [2.45, 2.75) is 6.92 Å². The van der Waals surface area contributed by atoms with E-state index in [9.17, 15) is 0 Å². The monoisotopic (exact) mass is 192 g/mol. The van der Waals surface area contributed by atoms with Crippen LogP contribution < -0.4 is 16.5 Å². The van der Waals surface area contributed by atoms with Crippen LogP contribution in [-0.2, 0) is 0 Å². The minimum Gasteiger partial charge on any atom is -0.370 e. The first-order chi connectivity index (χ1) is 6.63.